The summed E-state index contributed by atoms with van der Waals surface area (Å²) in [5.41, 5.74) is 8.57. The first-order valence-corrected chi connectivity index (χ1v) is 7.60. The van der Waals surface area contributed by atoms with E-state index < -0.39 is 5.82 Å². The summed E-state index contributed by atoms with van der Waals surface area (Å²) in [4.78, 5) is 8.45. The zero-order valence-corrected chi connectivity index (χ0v) is 14.0. The van der Waals surface area contributed by atoms with E-state index in [1.54, 1.807) is 31.2 Å². The number of nitrogen functional groups attached to an aromatic ring is 2. The van der Waals surface area contributed by atoms with Crippen molar-refractivity contribution in [3.05, 3.63) is 58.6 Å². The smallest absolute Gasteiger partial charge is 0.213 e. The van der Waals surface area contributed by atoms with Crippen LogP contribution in [0.5, 0.6) is 0 Å². The van der Waals surface area contributed by atoms with Crippen molar-refractivity contribution in [2.75, 3.05) is 11.6 Å². The average molecular weight is 360 g/mol. The van der Waals surface area contributed by atoms with E-state index in [1.807, 2.05) is 0 Å². The summed E-state index contributed by atoms with van der Waals surface area (Å²) in [6.45, 7) is 1.79. The van der Waals surface area contributed by atoms with Crippen LogP contribution in [0.1, 0.15) is 5.69 Å². The van der Waals surface area contributed by atoms with Gasteiger partial charge in [-0.1, -0.05) is 23.7 Å². The molecule has 0 saturated carbocycles. The van der Waals surface area contributed by atoms with Crippen LogP contribution in [0.4, 0.5) is 10.2 Å². The minimum atomic E-state index is -0.413. The summed E-state index contributed by atoms with van der Waals surface area (Å²) < 4.78 is 14.9. The fraction of sp³-hybridized carbons (Fsp3) is 0.0625. The Bertz CT molecular complexity index is 1010. The average Bonchev–Trinajstić information content (AvgIpc) is 2.53. The highest BCUT2D eigenvalue weighted by Crippen LogP contribution is 2.31. The lowest BCUT2D eigenvalue weighted by Crippen LogP contribution is -2.34. The fourth-order valence-corrected chi connectivity index (χ4v) is 2.82. The number of anilines is 1. The van der Waals surface area contributed by atoms with E-state index in [2.05, 4.69) is 15.1 Å². The summed E-state index contributed by atoms with van der Waals surface area (Å²) in [6.07, 6.45) is 0. The first-order valence-electron chi connectivity index (χ1n) is 7.22. The van der Waals surface area contributed by atoms with Gasteiger partial charge in [-0.25, -0.2) is 19.0 Å². The van der Waals surface area contributed by atoms with Crippen LogP contribution in [0, 0.1) is 12.7 Å². The molecule has 0 amide bonds. The summed E-state index contributed by atoms with van der Waals surface area (Å²) in [7, 11) is 0. The lowest BCUT2D eigenvalue weighted by atomic mass is 10.0. The summed E-state index contributed by atoms with van der Waals surface area (Å²) >= 11 is 6.07. The van der Waals surface area contributed by atoms with Crippen LogP contribution in [0.3, 0.4) is 0 Å². The van der Waals surface area contributed by atoms with Crippen molar-refractivity contribution in [1.82, 2.24) is 14.6 Å². The molecule has 3 rings (SSSR count). The predicted octanol–water partition coefficient (Wildman–Crippen LogP) is 1.78. The maximum Gasteiger partial charge on any atom is 0.213 e. The summed E-state index contributed by atoms with van der Waals surface area (Å²) in [6, 6.07) is 9.32. The van der Waals surface area contributed by atoms with Gasteiger partial charge < -0.3 is 17.4 Å². The van der Waals surface area contributed by atoms with Crippen molar-refractivity contribution in [3.63, 3.8) is 0 Å². The summed E-state index contributed by atoms with van der Waals surface area (Å²) in [5.74, 6) is 11.2. The molecule has 0 atom stereocenters. The van der Waals surface area contributed by atoms with Gasteiger partial charge in [-0.2, -0.15) is 5.10 Å². The van der Waals surface area contributed by atoms with Gasteiger partial charge in [0.05, 0.1) is 11.4 Å². The summed E-state index contributed by atoms with van der Waals surface area (Å²) in [5, 5.41) is 3.86. The Morgan fingerprint density at radius 3 is 2.56 bits per heavy atom. The lowest BCUT2D eigenvalue weighted by Gasteiger charge is -2.16. The molecule has 7 nitrogen and oxygen atoms in total. The molecule has 25 heavy (non-hydrogen) atoms. The lowest BCUT2D eigenvalue weighted by molar-refractivity contribution is 0.628. The molecule has 9 heteroatoms. The Labute approximate surface area is 147 Å². The van der Waals surface area contributed by atoms with Gasteiger partial charge in [0.2, 0.25) is 5.49 Å². The van der Waals surface area contributed by atoms with E-state index in [0.717, 1.165) is 0 Å². The third kappa shape index (κ3) is 3.11. The predicted molar refractivity (Wildman–Crippen MR) is 94.9 cm³/mol. The molecule has 0 aliphatic rings. The van der Waals surface area contributed by atoms with Crippen molar-refractivity contribution < 1.29 is 4.39 Å². The van der Waals surface area contributed by atoms with Crippen LogP contribution in [-0.4, -0.2) is 14.6 Å². The van der Waals surface area contributed by atoms with Crippen molar-refractivity contribution in [2.45, 2.75) is 6.92 Å². The van der Waals surface area contributed by atoms with E-state index in [-0.39, 0.29) is 16.5 Å². The molecule has 2 aromatic heterocycles. The van der Waals surface area contributed by atoms with Crippen molar-refractivity contribution in [3.8, 4) is 22.5 Å². The quantitative estimate of drug-likeness (QED) is 0.366. The van der Waals surface area contributed by atoms with Crippen molar-refractivity contribution in [1.29, 1.82) is 0 Å². The van der Waals surface area contributed by atoms with Gasteiger partial charge >= 0.3 is 0 Å². The van der Waals surface area contributed by atoms with Gasteiger partial charge in [-0.05, 0) is 31.2 Å². The van der Waals surface area contributed by atoms with Crippen molar-refractivity contribution >= 4 is 17.4 Å². The first kappa shape index (κ1) is 16.7. The van der Waals surface area contributed by atoms with Gasteiger partial charge in [0.1, 0.15) is 11.0 Å². The van der Waals surface area contributed by atoms with Crippen LogP contribution >= 0.6 is 11.6 Å². The molecule has 0 spiro atoms. The van der Waals surface area contributed by atoms with Crippen LogP contribution in [0.2, 0.25) is 5.15 Å². The highest BCUT2D eigenvalue weighted by molar-refractivity contribution is 6.29. The van der Waals surface area contributed by atoms with Crippen LogP contribution in [0.15, 0.2) is 41.5 Å². The van der Waals surface area contributed by atoms with Crippen LogP contribution in [0.25, 0.3) is 22.5 Å². The number of aromatic nitrogens is 3. The van der Waals surface area contributed by atoms with E-state index in [0.29, 0.717) is 28.2 Å². The molecule has 2 heterocycles. The monoisotopic (exact) mass is 359 g/mol. The zero-order valence-electron chi connectivity index (χ0n) is 13.2. The van der Waals surface area contributed by atoms with E-state index >= 15 is 0 Å². The Kier molecular flexibility index (Phi) is 4.28. The minimum Gasteiger partial charge on any atom is -0.380 e. The molecular weight excluding hydrogens is 345 g/mol. The van der Waals surface area contributed by atoms with Gasteiger partial charge in [0, 0.05) is 16.8 Å². The number of rotatable bonds is 2. The number of hydrogen-bond donors (Lipinski definition) is 3. The highest BCUT2D eigenvalue weighted by Gasteiger charge is 2.17. The molecule has 0 unspecified atom stereocenters. The molecule has 6 N–H and O–H groups in total. The molecule has 0 saturated heterocycles. The number of nitrogens with two attached hydrogens (primary N) is 3. The Morgan fingerprint density at radius 2 is 1.92 bits per heavy atom. The van der Waals surface area contributed by atoms with E-state index in [4.69, 9.17) is 29.0 Å². The maximum atomic E-state index is 13.7. The van der Waals surface area contributed by atoms with Crippen molar-refractivity contribution in [2.24, 2.45) is 10.9 Å². The Balaban J connectivity index is 2.43. The number of nitrogens with zero attached hydrogens (tertiary/aromatic N) is 4. The second kappa shape index (κ2) is 6.40. The van der Waals surface area contributed by atoms with Gasteiger partial charge in [-0.15, -0.1) is 0 Å². The van der Waals surface area contributed by atoms with E-state index in [1.165, 1.54) is 16.8 Å². The molecule has 0 aliphatic heterocycles. The first-order chi connectivity index (χ1) is 11.9. The number of benzene rings is 1. The maximum absolute atomic E-state index is 13.7. The third-order valence-corrected chi connectivity index (χ3v) is 3.76. The number of pyridine rings is 1. The molecule has 0 aliphatic carbocycles. The highest BCUT2D eigenvalue weighted by atomic mass is 35.5. The fourth-order valence-electron chi connectivity index (χ4n) is 2.57. The number of hydrogen-bond acceptors (Lipinski definition) is 6. The zero-order chi connectivity index (χ0) is 18.1. The Morgan fingerprint density at radius 1 is 1.16 bits per heavy atom. The number of halogens is 2. The number of aryl methyl sites for hydroxylation is 1. The molecule has 0 radical (unpaired) electrons. The molecule has 0 fully saturated rings. The molecule has 3 aromatic rings. The normalized spacial score (nSPS) is 11.7. The second-order valence-electron chi connectivity index (χ2n) is 5.35. The largest absolute Gasteiger partial charge is 0.380 e. The van der Waals surface area contributed by atoms with Gasteiger partial charge in [-0.3, -0.25) is 0 Å². The van der Waals surface area contributed by atoms with Crippen LogP contribution in [-0.2, 0) is 0 Å². The standard InChI is InChI=1S/C16H15ClFN7/c1-8-5-10(7-12(17)22-8)14-13(9-3-2-4-11(18)6-9)23-15(19)16(24-20)25(14)21/h2-7H,20-21H2,1H3,(H2,19,23)/b24-16-. The molecule has 1 aromatic carbocycles. The minimum absolute atomic E-state index is 0.0184. The third-order valence-electron chi connectivity index (χ3n) is 3.57. The van der Waals surface area contributed by atoms with Gasteiger partial charge in [0.25, 0.3) is 0 Å². The Hall–Kier alpha value is -3.13. The second-order valence-corrected chi connectivity index (χ2v) is 5.73. The molecule has 128 valence electrons. The van der Waals surface area contributed by atoms with Crippen LogP contribution < -0.4 is 22.9 Å². The SMILES string of the molecule is Cc1cc(-c2c(-c3cccc(F)c3)nc(N)/c(=N/N)n2N)cc(Cl)n1. The van der Waals surface area contributed by atoms with E-state index in [9.17, 15) is 4.39 Å². The molecular formula is C16H15ClFN7. The molecule has 0 bridgehead atoms. The van der Waals surface area contributed by atoms with Gasteiger partial charge in [0.15, 0.2) is 5.82 Å². The topological polar surface area (TPSA) is 121 Å².